The van der Waals surface area contributed by atoms with Crippen LogP contribution in [-0.2, 0) is 35.8 Å². The number of hydrogen-bond donors (Lipinski definition) is 3. The van der Waals surface area contributed by atoms with Crippen LogP contribution in [0.5, 0.6) is 0 Å². The average molecular weight is 503 g/mol. The molecule has 3 heterocycles. The number of imidazole rings is 1. The molecule has 2 amide bonds. The van der Waals surface area contributed by atoms with Crippen LogP contribution >= 0.6 is 11.3 Å². The first kappa shape index (κ1) is 23.9. The van der Waals surface area contributed by atoms with E-state index < -0.39 is 24.0 Å². The van der Waals surface area contributed by atoms with E-state index in [1.54, 1.807) is 6.20 Å². The Morgan fingerprint density at radius 3 is 2.31 bits per heavy atom. The lowest BCUT2D eigenvalue weighted by Gasteiger charge is -2.22. The number of nitrogens with zero attached hydrogens (tertiary/aromatic N) is 3. The van der Waals surface area contributed by atoms with Crippen LogP contribution in [0.4, 0.5) is 0 Å². The molecular formula is C27H26N4O4S. The van der Waals surface area contributed by atoms with Gasteiger partial charge in [-0.05, 0) is 23.3 Å². The number of hydrogen-bond acceptors (Lipinski definition) is 6. The van der Waals surface area contributed by atoms with Crippen LogP contribution in [0.1, 0.15) is 20.9 Å². The van der Waals surface area contributed by atoms with Crippen molar-refractivity contribution in [3.63, 3.8) is 0 Å². The van der Waals surface area contributed by atoms with E-state index in [1.165, 1.54) is 16.2 Å². The van der Waals surface area contributed by atoms with Gasteiger partial charge >= 0.3 is 0 Å². The molecule has 5 rings (SSSR count). The number of aliphatic hydroxyl groups excluding tert-OH is 2. The molecule has 0 bridgehead atoms. The molecule has 0 saturated carbocycles. The van der Waals surface area contributed by atoms with Gasteiger partial charge in [-0.15, -0.1) is 11.3 Å². The Kier molecular flexibility index (Phi) is 6.95. The Morgan fingerprint density at radius 1 is 0.917 bits per heavy atom. The maximum absolute atomic E-state index is 12.6. The Morgan fingerprint density at radius 2 is 1.58 bits per heavy atom. The molecule has 0 saturated heterocycles. The van der Waals surface area contributed by atoms with Gasteiger partial charge < -0.3 is 25.0 Å². The first-order valence-electron chi connectivity index (χ1n) is 11.6. The predicted molar refractivity (Wildman–Crippen MR) is 136 cm³/mol. The summed E-state index contributed by atoms with van der Waals surface area (Å²) in [6.45, 7) is 1.52. The van der Waals surface area contributed by atoms with Crippen LogP contribution in [0.25, 0.3) is 11.4 Å². The minimum absolute atomic E-state index is 0.187. The smallest absolute Gasteiger partial charge is 0.255 e. The maximum Gasteiger partial charge on any atom is 0.255 e. The summed E-state index contributed by atoms with van der Waals surface area (Å²) in [5.74, 6) is -0.577. The van der Waals surface area contributed by atoms with Gasteiger partial charge in [0.15, 0.2) is 12.2 Å². The Balaban J connectivity index is 1.14. The second kappa shape index (κ2) is 10.4. The van der Waals surface area contributed by atoms with E-state index in [9.17, 15) is 19.8 Å². The van der Waals surface area contributed by atoms with Gasteiger partial charge in [0.1, 0.15) is 5.82 Å². The lowest BCUT2D eigenvalue weighted by atomic mass is 10.1. The number of amides is 2. The molecule has 3 N–H and O–H groups in total. The summed E-state index contributed by atoms with van der Waals surface area (Å²) in [6, 6.07) is 21.5. The van der Waals surface area contributed by atoms with Crippen molar-refractivity contribution in [3.8, 4) is 11.4 Å². The molecule has 0 spiro atoms. The zero-order valence-electron chi connectivity index (χ0n) is 19.4. The quantitative estimate of drug-likeness (QED) is 0.343. The number of nitrogens with one attached hydrogen (secondary N) is 1. The van der Waals surface area contributed by atoms with Crippen LogP contribution in [0.2, 0.25) is 0 Å². The standard InChI is InChI=1S/C27H26N4O4S/c32-23(24(33)27(35)31-15-19-8-4-5-9-20(19)16-31)26(34)29-14-21-10-11-22(36-21)17-30-13-12-28-25(30)18-6-2-1-3-7-18/h1-13,23-24,32-33H,14-17H2,(H,29,34)/t23-,24-/m1/s1. The Hall–Kier alpha value is -3.79. The minimum atomic E-state index is -1.85. The third kappa shape index (κ3) is 5.08. The van der Waals surface area contributed by atoms with Crippen LogP contribution in [0.3, 0.4) is 0 Å². The third-order valence-corrected chi connectivity index (χ3v) is 7.27. The maximum atomic E-state index is 12.6. The van der Waals surface area contributed by atoms with Gasteiger partial charge in [-0.1, -0.05) is 54.6 Å². The SMILES string of the molecule is O=C(NCc1ccc(Cn2ccnc2-c2ccccc2)s1)[C@H](O)[C@@H](O)C(=O)N1Cc2ccccc2C1. The fourth-order valence-electron chi connectivity index (χ4n) is 4.29. The van der Waals surface area contributed by atoms with Crippen molar-refractivity contribution < 1.29 is 19.8 Å². The van der Waals surface area contributed by atoms with Crippen molar-refractivity contribution in [3.05, 3.63) is 100 Å². The van der Waals surface area contributed by atoms with Gasteiger partial charge in [0.05, 0.1) is 13.1 Å². The topological polar surface area (TPSA) is 108 Å². The Labute approximate surface area is 212 Å². The molecule has 1 aliphatic rings. The summed E-state index contributed by atoms with van der Waals surface area (Å²) in [5, 5.41) is 23.3. The molecule has 8 nitrogen and oxygen atoms in total. The summed E-state index contributed by atoms with van der Waals surface area (Å²) >= 11 is 1.53. The third-order valence-electron chi connectivity index (χ3n) is 6.20. The molecule has 2 atom stereocenters. The van der Waals surface area contributed by atoms with Gasteiger partial charge in [-0.2, -0.15) is 0 Å². The molecular weight excluding hydrogens is 476 g/mol. The lowest BCUT2D eigenvalue weighted by molar-refractivity contribution is -0.153. The van der Waals surface area contributed by atoms with Crippen molar-refractivity contribution in [1.29, 1.82) is 0 Å². The van der Waals surface area contributed by atoms with Crippen LogP contribution < -0.4 is 5.32 Å². The van der Waals surface area contributed by atoms with Crippen LogP contribution in [-0.4, -0.2) is 48.7 Å². The molecule has 0 fully saturated rings. The second-order valence-electron chi connectivity index (χ2n) is 8.68. The highest BCUT2D eigenvalue weighted by Crippen LogP contribution is 2.24. The van der Waals surface area contributed by atoms with Crippen LogP contribution in [0, 0.1) is 0 Å². The number of carbonyl (C=O) groups is 2. The fraction of sp³-hybridized carbons (Fsp3) is 0.222. The molecule has 36 heavy (non-hydrogen) atoms. The van der Waals surface area contributed by atoms with E-state index in [4.69, 9.17) is 0 Å². The van der Waals surface area contributed by atoms with Crippen molar-refractivity contribution in [1.82, 2.24) is 19.8 Å². The van der Waals surface area contributed by atoms with Gasteiger partial charge in [0.25, 0.3) is 11.8 Å². The molecule has 0 unspecified atom stereocenters. The van der Waals surface area contributed by atoms with E-state index in [0.29, 0.717) is 19.6 Å². The number of rotatable bonds is 8. The molecule has 1 aliphatic heterocycles. The number of carbonyl (C=O) groups excluding carboxylic acids is 2. The first-order chi connectivity index (χ1) is 17.5. The van der Waals surface area contributed by atoms with E-state index in [-0.39, 0.29) is 6.54 Å². The van der Waals surface area contributed by atoms with E-state index in [2.05, 4.69) is 14.9 Å². The van der Waals surface area contributed by atoms with Gasteiger partial charge in [-0.25, -0.2) is 4.98 Å². The minimum Gasteiger partial charge on any atom is -0.380 e. The zero-order valence-corrected chi connectivity index (χ0v) is 20.3. The van der Waals surface area contributed by atoms with E-state index >= 15 is 0 Å². The van der Waals surface area contributed by atoms with Gasteiger partial charge in [-0.3, -0.25) is 9.59 Å². The summed E-state index contributed by atoms with van der Waals surface area (Å²) in [6.07, 6.45) is 0.0270. The molecule has 184 valence electrons. The highest BCUT2D eigenvalue weighted by molar-refractivity contribution is 7.11. The highest BCUT2D eigenvalue weighted by Gasteiger charge is 2.35. The van der Waals surface area contributed by atoms with Crippen LogP contribution in [0.15, 0.2) is 79.1 Å². The normalized spacial score (nSPS) is 14.3. The number of benzene rings is 2. The molecule has 9 heteroatoms. The first-order valence-corrected chi connectivity index (χ1v) is 12.4. The lowest BCUT2D eigenvalue weighted by Crippen LogP contribution is -2.49. The molecule has 4 aromatic rings. The van der Waals surface area contributed by atoms with Crippen molar-refractivity contribution in [2.24, 2.45) is 0 Å². The van der Waals surface area contributed by atoms with Gasteiger partial charge in [0, 0.05) is 40.8 Å². The fourth-order valence-corrected chi connectivity index (χ4v) is 5.24. The van der Waals surface area contributed by atoms with Crippen molar-refractivity contribution >= 4 is 23.2 Å². The van der Waals surface area contributed by atoms with Crippen molar-refractivity contribution in [2.75, 3.05) is 0 Å². The summed E-state index contributed by atoms with van der Waals surface area (Å²) in [4.78, 5) is 33.0. The summed E-state index contributed by atoms with van der Waals surface area (Å²) in [5.41, 5.74) is 3.03. The van der Waals surface area contributed by atoms with Crippen molar-refractivity contribution in [2.45, 2.75) is 38.4 Å². The van der Waals surface area contributed by atoms with E-state index in [0.717, 1.165) is 32.3 Å². The molecule has 0 aliphatic carbocycles. The predicted octanol–water partition coefficient (Wildman–Crippen LogP) is 2.54. The number of thiophene rings is 1. The van der Waals surface area contributed by atoms with E-state index in [1.807, 2.05) is 72.9 Å². The Bertz CT molecular complexity index is 1340. The largest absolute Gasteiger partial charge is 0.380 e. The summed E-state index contributed by atoms with van der Waals surface area (Å²) in [7, 11) is 0. The zero-order chi connectivity index (χ0) is 25.1. The number of aliphatic hydroxyl groups is 2. The number of aromatic nitrogens is 2. The summed E-state index contributed by atoms with van der Waals surface area (Å²) < 4.78 is 2.06. The van der Waals surface area contributed by atoms with Gasteiger partial charge in [0.2, 0.25) is 0 Å². The average Bonchev–Trinajstić information content (AvgIpc) is 3.66. The highest BCUT2D eigenvalue weighted by atomic mass is 32.1. The molecule has 2 aromatic carbocycles. The second-order valence-corrected chi connectivity index (χ2v) is 9.94. The molecule has 2 aromatic heterocycles. The molecule has 0 radical (unpaired) electrons. The monoisotopic (exact) mass is 502 g/mol. The number of fused-ring (bicyclic) bond motifs is 1.